The summed E-state index contributed by atoms with van der Waals surface area (Å²) in [6.07, 6.45) is 15.3. The minimum absolute atomic E-state index is 0.382. The number of carbonyl (C=O) groups is 1. The van der Waals surface area contributed by atoms with Crippen LogP contribution in [0.4, 0.5) is 0 Å². The Morgan fingerprint density at radius 2 is 2.03 bits per heavy atom. The minimum Gasteiger partial charge on any atom is -0.350 e. The predicted molar refractivity (Wildman–Crippen MR) is 129 cm³/mol. The molecule has 1 aromatic heterocycles. The first-order chi connectivity index (χ1) is 15.7. The van der Waals surface area contributed by atoms with Gasteiger partial charge in [-0.1, -0.05) is 36.3 Å². The fourth-order valence-corrected chi connectivity index (χ4v) is 7.45. The number of amides is 1. The van der Waals surface area contributed by atoms with Crippen LogP contribution in [0.15, 0.2) is 42.1 Å². The molecule has 3 aliphatic heterocycles. The molecule has 32 heavy (non-hydrogen) atoms. The van der Waals surface area contributed by atoms with E-state index in [1.807, 2.05) is 0 Å². The van der Waals surface area contributed by atoms with Gasteiger partial charge in [-0.15, -0.1) is 0 Å². The Labute approximate surface area is 192 Å². The van der Waals surface area contributed by atoms with E-state index in [1.165, 1.54) is 61.7 Å². The van der Waals surface area contributed by atoms with E-state index in [0.29, 0.717) is 24.3 Å². The molecule has 4 aliphatic rings. The van der Waals surface area contributed by atoms with Gasteiger partial charge in [0.25, 0.3) is 0 Å². The van der Waals surface area contributed by atoms with Crippen molar-refractivity contribution in [2.75, 3.05) is 19.6 Å². The molecule has 0 N–H and O–H groups in total. The van der Waals surface area contributed by atoms with E-state index < -0.39 is 0 Å². The lowest BCUT2D eigenvalue weighted by molar-refractivity contribution is -0.136. The van der Waals surface area contributed by atoms with Crippen molar-refractivity contribution in [2.24, 2.45) is 18.9 Å². The number of aryl methyl sites for hydroxylation is 2. The van der Waals surface area contributed by atoms with E-state index in [0.717, 1.165) is 37.8 Å². The van der Waals surface area contributed by atoms with Gasteiger partial charge >= 0.3 is 0 Å². The Morgan fingerprint density at radius 1 is 1.12 bits per heavy atom. The van der Waals surface area contributed by atoms with Crippen LogP contribution in [0.3, 0.4) is 0 Å². The van der Waals surface area contributed by atoms with Crippen molar-refractivity contribution in [3.8, 4) is 0 Å². The molecule has 4 heteroatoms. The van der Waals surface area contributed by atoms with Gasteiger partial charge in [0.05, 0.1) is 6.04 Å². The number of piperidine rings is 3. The van der Waals surface area contributed by atoms with Gasteiger partial charge in [0.2, 0.25) is 5.91 Å². The molecule has 4 heterocycles. The normalized spacial score (nSPS) is 30.0. The van der Waals surface area contributed by atoms with Crippen LogP contribution >= 0.6 is 0 Å². The first-order valence-corrected chi connectivity index (χ1v) is 13.0. The number of fused-ring (bicyclic) bond motifs is 7. The van der Waals surface area contributed by atoms with E-state index in [1.54, 1.807) is 5.57 Å². The van der Waals surface area contributed by atoms with Crippen LogP contribution in [0, 0.1) is 11.8 Å². The van der Waals surface area contributed by atoms with Crippen LogP contribution in [0.1, 0.15) is 56.9 Å². The number of nitrogens with zero attached hydrogens (tertiary/aromatic N) is 3. The molecule has 6 rings (SSSR count). The zero-order chi connectivity index (χ0) is 21.7. The fourth-order valence-electron chi connectivity index (χ4n) is 7.45. The number of benzene rings is 1. The maximum absolute atomic E-state index is 13.4. The molecule has 4 atom stereocenters. The third-order valence-electron chi connectivity index (χ3n) is 8.79. The molecular formula is C28H37N3O. The number of hydrogen-bond donors (Lipinski definition) is 0. The maximum Gasteiger partial charge on any atom is 0.223 e. The Kier molecular flexibility index (Phi) is 5.37. The third kappa shape index (κ3) is 3.51. The average molecular weight is 432 g/mol. The van der Waals surface area contributed by atoms with E-state index in [4.69, 9.17) is 0 Å². The summed E-state index contributed by atoms with van der Waals surface area (Å²) in [7, 11) is 2.12. The quantitative estimate of drug-likeness (QED) is 0.643. The fraction of sp³-hybridized carbons (Fsp3) is 0.607. The second-order valence-electron chi connectivity index (χ2n) is 10.7. The van der Waals surface area contributed by atoms with Crippen molar-refractivity contribution in [3.63, 3.8) is 0 Å². The van der Waals surface area contributed by atoms with Gasteiger partial charge in [-0.2, -0.15) is 0 Å². The summed E-state index contributed by atoms with van der Waals surface area (Å²) in [6.45, 7) is 3.44. The molecule has 170 valence electrons. The van der Waals surface area contributed by atoms with Crippen LogP contribution < -0.4 is 0 Å². The van der Waals surface area contributed by atoms with Gasteiger partial charge in [0, 0.05) is 49.7 Å². The third-order valence-corrected chi connectivity index (χ3v) is 8.79. The lowest BCUT2D eigenvalue weighted by Crippen LogP contribution is -2.60. The predicted octanol–water partition coefficient (Wildman–Crippen LogP) is 4.92. The zero-order valence-corrected chi connectivity index (χ0v) is 19.5. The second kappa shape index (κ2) is 8.37. The summed E-state index contributed by atoms with van der Waals surface area (Å²) in [5.74, 6) is 1.78. The molecule has 3 saturated heterocycles. The number of carbonyl (C=O) groups excluding carboxylic acids is 1. The van der Waals surface area contributed by atoms with E-state index in [2.05, 4.69) is 58.0 Å². The summed E-state index contributed by atoms with van der Waals surface area (Å²) in [5, 5.41) is 1.34. The van der Waals surface area contributed by atoms with Crippen LogP contribution in [0.5, 0.6) is 0 Å². The maximum atomic E-state index is 13.4. The molecule has 1 amide bonds. The van der Waals surface area contributed by atoms with Crippen molar-refractivity contribution >= 4 is 16.8 Å². The van der Waals surface area contributed by atoms with Gasteiger partial charge < -0.3 is 9.47 Å². The lowest BCUT2D eigenvalue weighted by Gasteiger charge is -2.54. The molecule has 4 nitrogen and oxygen atoms in total. The van der Waals surface area contributed by atoms with Crippen LogP contribution in [-0.2, 0) is 18.3 Å². The van der Waals surface area contributed by atoms with Crippen molar-refractivity contribution in [1.82, 2.24) is 14.4 Å². The lowest BCUT2D eigenvalue weighted by atomic mass is 9.68. The highest BCUT2D eigenvalue weighted by atomic mass is 16.2. The number of aromatic nitrogens is 1. The minimum atomic E-state index is 0.382. The number of hydrogen-bond acceptors (Lipinski definition) is 2. The Bertz CT molecular complexity index is 1040. The first kappa shape index (κ1) is 20.5. The van der Waals surface area contributed by atoms with Crippen molar-refractivity contribution in [2.45, 2.75) is 69.9 Å². The Balaban J connectivity index is 1.14. The molecule has 0 saturated carbocycles. The summed E-state index contributed by atoms with van der Waals surface area (Å²) in [4.78, 5) is 18.5. The summed E-state index contributed by atoms with van der Waals surface area (Å²) >= 11 is 0. The molecule has 1 aliphatic carbocycles. The largest absolute Gasteiger partial charge is 0.350 e. The standard InChI is InChI=1S/C28H37N3O/c1-29-18-21(24-10-2-3-12-26(24)29)8-6-13-27(32)31-15-7-9-20-16-22-17-23(28(20)31)19-30-14-5-4-11-25(22)30/h2-3,10,12,16,18,22-23,25,28H,4-9,11,13-15,17,19H2,1H3/t22-,23+,25?,28?/m1/s1. The first-order valence-electron chi connectivity index (χ1n) is 13.0. The summed E-state index contributed by atoms with van der Waals surface area (Å²) < 4.78 is 2.21. The van der Waals surface area contributed by atoms with Gasteiger partial charge in [-0.05, 0) is 75.0 Å². The monoisotopic (exact) mass is 431 g/mol. The van der Waals surface area contributed by atoms with Crippen LogP contribution in [0.25, 0.3) is 10.9 Å². The van der Waals surface area contributed by atoms with Crippen molar-refractivity contribution < 1.29 is 4.79 Å². The van der Waals surface area contributed by atoms with Crippen LogP contribution in [0.2, 0.25) is 0 Å². The molecule has 2 unspecified atom stereocenters. The molecule has 2 bridgehead atoms. The zero-order valence-electron chi connectivity index (χ0n) is 19.5. The van der Waals surface area contributed by atoms with E-state index >= 15 is 0 Å². The second-order valence-corrected chi connectivity index (χ2v) is 10.7. The highest BCUT2D eigenvalue weighted by molar-refractivity contribution is 5.84. The van der Waals surface area contributed by atoms with Crippen molar-refractivity contribution in [1.29, 1.82) is 0 Å². The van der Waals surface area contributed by atoms with Gasteiger partial charge in [0.15, 0.2) is 0 Å². The smallest absolute Gasteiger partial charge is 0.223 e. The highest BCUT2D eigenvalue weighted by Gasteiger charge is 2.46. The molecule has 2 aromatic rings. The molecular weight excluding hydrogens is 394 g/mol. The number of para-hydroxylation sites is 1. The highest BCUT2D eigenvalue weighted by Crippen LogP contribution is 2.45. The van der Waals surface area contributed by atoms with E-state index in [9.17, 15) is 4.79 Å². The SMILES string of the molecule is Cn1cc(CCCC(=O)N2CCCC3=C[C@@H]4C[C@@H](CN5CCCCC45)C32)c2ccccc21. The molecule has 0 spiro atoms. The van der Waals surface area contributed by atoms with Gasteiger partial charge in [0.1, 0.15) is 0 Å². The Morgan fingerprint density at radius 3 is 2.97 bits per heavy atom. The summed E-state index contributed by atoms with van der Waals surface area (Å²) in [6, 6.07) is 9.77. The van der Waals surface area contributed by atoms with Crippen LogP contribution in [-0.4, -0.2) is 52.0 Å². The van der Waals surface area contributed by atoms with Gasteiger partial charge in [-0.3, -0.25) is 9.69 Å². The Hall–Kier alpha value is -2.07. The molecule has 3 fully saturated rings. The molecule has 0 radical (unpaired) electrons. The number of rotatable bonds is 4. The molecule has 1 aromatic carbocycles. The number of likely N-dealkylation sites (tertiary alicyclic amines) is 1. The van der Waals surface area contributed by atoms with Crippen molar-refractivity contribution in [3.05, 3.63) is 47.7 Å². The summed E-state index contributed by atoms with van der Waals surface area (Å²) in [5.41, 5.74) is 4.26. The topological polar surface area (TPSA) is 28.5 Å². The average Bonchev–Trinajstić information content (AvgIpc) is 3.14. The van der Waals surface area contributed by atoms with Gasteiger partial charge in [-0.25, -0.2) is 0 Å². The van der Waals surface area contributed by atoms with E-state index in [-0.39, 0.29) is 0 Å².